The van der Waals surface area contributed by atoms with E-state index in [0.29, 0.717) is 18.8 Å². The molecule has 0 bridgehead atoms. The van der Waals surface area contributed by atoms with Crippen molar-refractivity contribution in [2.75, 3.05) is 24.1 Å². The lowest BCUT2D eigenvalue weighted by Gasteiger charge is -2.16. The van der Waals surface area contributed by atoms with Crippen LogP contribution in [0.25, 0.3) is 0 Å². The lowest BCUT2D eigenvalue weighted by molar-refractivity contribution is 0.155. The van der Waals surface area contributed by atoms with Crippen molar-refractivity contribution < 1.29 is 9.90 Å². The summed E-state index contributed by atoms with van der Waals surface area (Å²) < 4.78 is 0. The summed E-state index contributed by atoms with van der Waals surface area (Å²) in [6, 6.07) is 7.66. The van der Waals surface area contributed by atoms with Crippen LogP contribution < -0.4 is 11.1 Å². The minimum absolute atomic E-state index is 0.154. The number of anilines is 2. The third-order valence-corrected chi connectivity index (χ3v) is 2.78. The smallest absolute Gasteiger partial charge is 0.407 e. The van der Waals surface area contributed by atoms with Crippen molar-refractivity contribution in [1.29, 1.82) is 0 Å². The first-order chi connectivity index (χ1) is 7.66. The number of hydrogen-bond acceptors (Lipinski definition) is 3. The Morgan fingerprint density at radius 2 is 2.25 bits per heavy atom. The highest BCUT2D eigenvalue weighted by Gasteiger charge is 2.25. The molecule has 1 aromatic carbocycles. The first-order valence-electron chi connectivity index (χ1n) is 5.25. The molecule has 86 valence electrons. The topological polar surface area (TPSA) is 78.6 Å². The second-order valence-electron chi connectivity index (χ2n) is 3.95. The van der Waals surface area contributed by atoms with Gasteiger partial charge in [0.1, 0.15) is 0 Å². The molecule has 1 fully saturated rings. The van der Waals surface area contributed by atoms with Crippen molar-refractivity contribution in [3.05, 3.63) is 24.3 Å². The number of carboxylic acid groups (broad SMARTS) is 1. The van der Waals surface area contributed by atoms with Crippen molar-refractivity contribution in [3.8, 4) is 0 Å². The lowest BCUT2D eigenvalue weighted by atomic mass is 10.2. The molecule has 1 amide bonds. The van der Waals surface area contributed by atoms with Crippen molar-refractivity contribution >= 4 is 17.5 Å². The molecule has 0 saturated carbocycles. The van der Waals surface area contributed by atoms with Crippen molar-refractivity contribution in [2.24, 2.45) is 0 Å². The maximum atomic E-state index is 10.7. The lowest BCUT2D eigenvalue weighted by Crippen LogP contribution is -2.30. The van der Waals surface area contributed by atoms with E-state index < -0.39 is 6.09 Å². The molecular formula is C11H15N3O2. The average molecular weight is 221 g/mol. The van der Waals surface area contributed by atoms with Crippen LogP contribution in [0, 0.1) is 0 Å². The molecule has 16 heavy (non-hydrogen) atoms. The molecule has 1 aromatic rings. The largest absolute Gasteiger partial charge is 0.465 e. The van der Waals surface area contributed by atoms with E-state index in [1.807, 2.05) is 24.3 Å². The Kier molecular flexibility index (Phi) is 2.85. The zero-order valence-corrected chi connectivity index (χ0v) is 8.89. The number of nitrogen functional groups attached to an aromatic ring is 1. The summed E-state index contributed by atoms with van der Waals surface area (Å²) >= 11 is 0. The number of likely N-dealkylation sites (tertiary alicyclic amines) is 1. The number of hydrogen-bond donors (Lipinski definition) is 3. The summed E-state index contributed by atoms with van der Waals surface area (Å²) in [5, 5.41) is 12.1. The number of nitrogens with two attached hydrogens (primary N) is 1. The van der Waals surface area contributed by atoms with Gasteiger partial charge in [0.05, 0.1) is 11.4 Å². The van der Waals surface area contributed by atoms with Crippen LogP contribution in [-0.2, 0) is 0 Å². The molecule has 1 heterocycles. The van der Waals surface area contributed by atoms with Crippen LogP contribution >= 0.6 is 0 Å². The highest BCUT2D eigenvalue weighted by Crippen LogP contribution is 2.21. The third kappa shape index (κ3) is 2.18. The number of rotatable bonds is 2. The van der Waals surface area contributed by atoms with Gasteiger partial charge in [0, 0.05) is 19.1 Å². The van der Waals surface area contributed by atoms with E-state index in [0.717, 1.165) is 12.1 Å². The number of amides is 1. The van der Waals surface area contributed by atoms with Gasteiger partial charge in [-0.3, -0.25) is 0 Å². The van der Waals surface area contributed by atoms with Crippen LogP contribution in [0.5, 0.6) is 0 Å². The molecule has 5 nitrogen and oxygen atoms in total. The van der Waals surface area contributed by atoms with Gasteiger partial charge in [0.2, 0.25) is 0 Å². The predicted octanol–water partition coefficient (Wildman–Crippen LogP) is 1.43. The fourth-order valence-corrected chi connectivity index (χ4v) is 1.90. The zero-order chi connectivity index (χ0) is 11.5. The van der Waals surface area contributed by atoms with Gasteiger partial charge in [-0.1, -0.05) is 12.1 Å². The number of nitrogens with one attached hydrogen (secondary N) is 1. The van der Waals surface area contributed by atoms with E-state index in [-0.39, 0.29) is 6.04 Å². The molecule has 0 radical (unpaired) electrons. The molecule has 0 unspecified atom stereocenters. The molecule has 1 aliphatic rings. The van der Waals surface area contributed by atoms with Gasteiger partial charge in [-0.2, -0.15) is 0 Å². The van der Waals surface area contributed by atoms with Crippen LogP contribution in [0.15, 0.2) is 24.3 Å². The molecule has 5 heteroatoms. The van der Waals surface area contributed by atoms with Gasteiger partial charge in [0.15, 0.2) is 0 Å². The Labute approximate surface area is 93.9 Å². The van der Waals surface area contributed by atoms with Crippen LogP contribution in [0.2, 0.25) is 0 Å². The third-order valence-electron chi connectivity index (χ3n) is 2.78. The average Bonchev–Trinajstić information content (AvgIpc) is 2.70. The highest BCUT2D eigenvalue weighted by atomic mass is 16.4. The van der Waals surface area contributed by atoms with Crippen LogP contribution in [-0.4, -0.2) is 35.2 Å². The van der Waals surface area contributed by atoms with Crippen LogP contribution in [0.1, 0.15) is 6.42 Å². The van der Waals surface area contributed by atoms with E-state index in [1.54, 1.807) is 0 Å². The molecule has 1 atom stereocenters. The first kappa shape index (κ1) is 10.6. The standard InChI is InChI=1S/C11H15N3O2/c12-9-3-1-2-4-10(9)13-8-5-6-14(7-8)11(15)16/h1-4,8,13H,5-7,12H2,(H,15,16)/t8-/m1/s1. The minimum Gasteiger partial charge on any atom is -0.465 e. The fraction of sp³-hybridized carbons (Fsp3) is 0.364. The Morgan fingerprint density at radius 3 is 2.88 bits per heavy atom. The van der Waals surface area contributed by atoms with Crippen molar-refractivity contribution in [3.63, 3.8) is 0 Å². The van der Waals surface area contributed by atoms with Gasteiger partial charge in [-0.05, 0) is 18.6 Å². The van der Waals surface area contributed by atoms with Crippen molar-refractivity contribution in [1.82, 2.24) is 4.90 Å². The normalized spacial score (nSPS) is 19.8. The highest BCUT2D eigenvalue weighted by molar-refractivity contribution is 5.67. The number of para-hydroxylation sites is 2. The number of nitrogens with zero attached hydrogens (tertiary/aromatic N) is 1. The molecule has 0 aromatic heterocycles. The Hall–Kier alpha value is -1.91. The molecule has 2 rings (SSSR count). The predicted molar refractivity (Wildman–Crippen MR) is 62.5 cm³/mol. The molecule has 0 spiro atoms. The summed E-state index contributed by atoms with van der Waals surface area (Å²) in [4.78, 5) is 12.2. The Morgan fingerprint density at radius 1 is 1.50 bits per heavy atom. The molecule has 1 aliphatic heterocycles. The van der Waals surface area contributed by atoms with E-state index in [2.05, 4.69) is 5.32 Å². The maximum absolute atomic E-state index is 10.7. The van der Waals surface area contributed by atoms with Crippen LogP contribution in [0.3, 0.4) is 0 Å². The number of carbonyl (C=O) groups is 1. The summed E-state index contributed by atoms with van der Waals surface area (Å²) in [5.41, 5.74) is 7.37. The monoisotopic (exact) mass is 221 g/mol. The fourth-order valence-electron chi connectivity index (χ4n) is 1.90. The summed E-state index contributed by atoms with van der Waals surface area (Å²) in [7, 11) is 0. The van der Waals surface area contributed by atoms with E-state index >= 15 is 0 Å². The SMILES string of the molecule is Nc1ccccc1N[C@@H]1CCN(C(=O)O)C1. The van der Waals surface area contributed by atoms with E-state index in [9.17, 15) is 4.79 Å². The van der Waals surface area contributed by atoms with Crippen molar-refractivity contribution in [2.45, 2.75) is 12.5 Å². The van der Waals surface area contributed by atoms with E-state index in [1.165, 1.54) is 4.90 Å². The second-order valence-corrected chi connectivity index (χ2v) is 3.95. The molecule has 0 aliphatic carbocycles. The maximum Gasteiger partial charge on any atom is 0.407 e. The zero-order valence-electron chi connectivity index (χ0n) is 8.89. The van der Waals surface area contributed by atoms with Gasteiger partial charge in [-0.25, -0.2) is 4.79 Å². The molecular weight excluding hydrogens is 206 g/mol. The number of benzene rings is 1. The van der Waals surface area contributed by atoms with E-state index in [4.69, 9.17) is 10.8 Å². The van der Waals surface area contributed by atoms with Gasteiger partial charge in [-0.15, -0.1) is 0 Å². The van der Waals surface area contributed by atoms with Gasteiger partial charge in [0.25, 0.3) is 0 Å². The molecule has 4 N–H and O–H groups in total. The summed E-state index contributed by atoms with van der Waals surface area (Å²) in [6.07, 6.45) is -0.0361. The second kappa shape index (κ2) is 4.30. The van der Waals surface area contributed by atoms with Gasteiger partial charge < -0.3 is 21.1 Å². The molecule has 1 saturated heterocycles. The summed E-state index contributed by atoms with van der Waals surface area (Å²) in [6.45, 7) is 1.10. The Balaban J connectivity index is 1.97. The first-order valence-corrected chi connectivity index (χ1v) is 5.25. The minimum atomic E-state index is -0.856. The van der Waals surface area contributed by atoms with Crippen LogP contribution in [0.4, 0.5) is 16.2 Å². The Bertz CT molecular complexity index is 395. The quantitative estimate of drug-likeness (QED) is 0.660. The summed E-state index contributed by atoms with van der Waals surface area (Å²) in [5.74, 6) is 0. The van der Waals surface area contributed by atoms with Gasteiger partial charge >= 0.3 is 6.09 Å².